The lowest BCUT2D eigenvalue weighted by atomic mass is 9.98. The number of likely N-dealkylation sites (tertiary alicyclic amines) is 1. The maximum absolute atomic E-state index is 12.3. The van der Waals surface area contributed by atoms with E-state index in [1.807, 2.05) is 11.9 Å². The number of hydrogen-bond donors (Lipinski definition) is 1. The van der Waals surface area contributed by atoms with Crippen molar-refractivity contribution in [3.8, 4) is 0 Å². The first kappa shape index (κ1) is 17.2. The molecule has 2 unspecified atom stereocenters. The number of amides is 3. The average Bonchev–Trinajstić information content (AvgIpc) is 2.98. The predicted octanol–water partition coefficient (Wildman–Crippen LogP) is 0.689. The summed E-state index contributed by atoms with van der Waals surface area (Å²) < 4.78 is 0. The molecular weight excluding hydrogens is 306 g/mol. The summed E-state index contributed by atoms with van der Waals surface area (Å²) in [5.41, 5.74) is 0. The normalized spacial score (nSPS) is 30.4. The lowest BCUT2D eigenvalue weighted by Gasteiger charge is -2.35. The molecule has 3 aliphatic heterocycles. The van der Waals surface area contributed by atoms with Crippen LogP contribution in [0.1, 0.15) is 44.9 Å². The van der Waals surface area contributed by atoms with E-state index in [0.29, 0.717) is 31.0 Å². The highest BCUT2D eigenvalue weighted by Crippen LogP contribution is 2.29. The minimum Gasteiger partial charge on any atom is -0.343 e. The van der Waals surface area contributed by atoms with Crippen molar-refractivity contribution in [3.63, 3.8) is 0 Å². The Balaban J connectivity index is 0.00000176. The van der Waals surface area contributed by atoms with E-state index in [0.717, 1.165) is 12.8 Å². The zero-order chi connectivity index (χ0) is 15.0. The lowest BCUT2D eigenvalue weighted by Crippen LogP contribution is -2.49. The lowest BCUT2D eigenvalue weighted by molar-refractivity contribution is -0.139. The molecule has 0 radical (unpaired) electrons. The average molecular weight is 330 g/mol. The van der Waals surface area contributed by atoms with Crippen molar-refractivity contribution in [1.29, 1.82) is 0 Å². The number of rotatable bonds is 4. The first-order valence-electron chi connectivity index (χ1n) is 7.89. The van der Waals surface area contributed by atoms with E-state index in [4.69, 9.17) is 0 Å². The van der Waals surface area contributed by atoms with Gasteiger partial charge in [-0.15, -0.1) is 12.4 Å². The van der Waals surface area contributed by atoms with Gasteiger partial charge in [-0.1, -0.05) is 0 Å². The van der Waals surface area contributed by atoms with Crippen LogP contribution >= 0.6 is 12.4 Å². The van der Waals surface area contributed by atoms with Crippen LogP contribution in [0.25, 0.3) is 0 Å². The van der Waals surface area contributed by atoms with Crippen molar-refractivity contribution in [1.82, 2.24) is 15.1 Å². The summed E-state index contributed by atoms with van der Waals surface area (Å²) in [6.45, 7) is 0.235. The minimum absolute atomic E-state index is 0. The fourth-order valence-electron chi connectivity index (χ4n) is 3.80. The molecule has 7 heteroatoms. The van der Waals surface area contributed by atoms with Crippen LogP contribution in [0.3, 0.4) is 0 Å². The maximum Gasteiger partial charge on any atom is 0.229 e. The van der Waals surface area contributed by atoms with Crippen molar-refractivity contribution in [2.45, 2.75) is 63.1 Å². The Morgan fingerprint density at radius 1 is 1.18 bits per heavy atom. The number of nitrogens with one attached hydrogen (secondary N) is 1. The Bertz CT molecular complexity index is 443. The van der Waals surface area contributed by atoms with Gasteiger partial charge in [0.15, 0.2) is 0 Å². The standard InChI is InChI=1S/C15H23N3O3.ClH/c1-17(12-8-10-2-3-11(9-12)16-10)13(19)6-7-18-14(20)4-5-15(18)21;/h10-12,16H,2-9H2,1H3;1H. The largest absolute Gasteiger partial charge is 0.343 e. The van der Waals surface area contributed by atoms with Gasteiger partial charge in [0.2, 0.25) is 17.7 Å². The third-order valence-electron chi connectivity index (χ3n) is 5.09. The van der Waals surface area contributed by atoms with Crippen LogP contribution < -0.4 is 5.32 Å². The predicted molar refractivity (Wildman–Crippen MR) is 83.6 cm³/mol. The van der Waals surface area contributed by atoms with Gasteiger partial charge in [-0.3, -0.25) is 19.3 Å². The van der Waals surface area contributed by atoms with Gasteiger partial charge in [-0.25, -0.2) is 0 Å². The molecule has 0 aromatic heterocycles. The van der Waals surface area contributed by atoms with Gasteiger partial charge in [-0.05, 0) is 25.7 Å². The summed E-state index contributed by atoms with van der Waals surface area (Å²) in [5.74, 6) is -0.250. The second kappa shape index (κ2) is 6.96. The molecule has 0 aromatic rings. The van der Waals surface area contributed by atoms with E-state index >= 15 is 0 Å². The second-order valence-corrected chi connectivity index (χ2v) is 6.46. The summed E-state index contributed by atoms with van der Waals surface area (Å²) in [5, 5.41) is 3.57. The molecule has 1 N–H and O–H groups in total. The Kier molecular flexibility index (Phi) is 5.45. The minimum atomic E-state index is -0.143. The van der Waals surface area contributed by atoms with Crippen LogP contribution in [0.15, 0.2) is 0 Å². The number of hydrogen-bond acceptors (Lipinski definition) is 4. The summed E-state index contributed by atoms with van der Waals surface area (Å²) in [6.07, 6.45) is 5.27. The van der Waals surface area contributed by atoms with Gasteiger partial charge in [-0.2, -0.15) is 0 Å². The highest BCUT2D eigenvalue weighted by molar-refractivity contribution is 6.02. The zero-order valence-corrected chi connectivity index (χ0v) is 13.7. The topological polar surface area (TPSA) is 69.7 Å². The number of halogens is 1. The van der Waals surface area contributed by atoms with Gasteiger partial charge in [0.25, 0.3) is 0 Å². The molecule has 3 saturated heterocycles. The van der Waals surface area contributed by atoms with Crippen LogP contribution in [0, 0.1) is 0 Å². The van der Waals surface area contributed by atoms with Gasteiger partial charge in [0, 0.05) is 51.0 Å². The quantitative estimate of drug-likeness (QED) is 0.770. The Morgan fingerprint density at radius 3 is 2.27 bits per heavy atom. The number of fused-ring (bicyclic) bond motifs is 2. The first-order valence-corrected chi connectivity index (χ1v) is 7.89. The van der Waals surface area contributed by atoms with Crippen molar-refractivity contribution >= 4 is 30.1 Å². The number of nitrogens with zero attached hydrogens (tertiary/aromatic N) is 2. The van der Waals surface area contributed by atoms with E-state index in [-0.39, 0.29) is 43.1 Å². The molecule has 0 saturated carbocycles. The molecule has 124 valence electrons. The van der Waals surface area contributed by atoms with Crippen molar-refractivity contribution in [3.05, 3.63) is 0 Å². The highest BCUT2D eigenvalue weighted by atomic mass is 35.5. The molecule has 3 rings (SSSR count). The Morgan fingerprint density at radius 2 is 1.73 bits per heavy atom. The van der Waals surface area contributed by atoms with E-state index in [9.17, 15) is 14.4 Å². The van der Waals surface area contributed by atoms with E-state index in [2.05, 4.69) is 5.32 Å². The molecule has 3 fully saturated rings. The highest BCUT2D eigenvalue weighted by Gasteiger charge is 2.36. The Labute approximate surface area is 137 Å². The Hall–Kier alpha value is -1.14. The molecule has 22 heavy (non-hydrogen) atoms. The number of carbonyl (C=O) groups excluding carboxylic acids is 3. The zero-order valence-electron chi connectivity index (χ0n) is 12.9. The van der Waals surface area contributed by atoms with Gasteiger partial charge >= 0.3 is 0 Å². The molecular formula is C15H24ClN3O3. The SMILES string of the molecule is CN(C(=O)CCN1C(=O)CCC1=O)C1CC2CCC(C1)N2.Cl. The fourth-order valence-corrected chi connectivity index (χ4v) is 3.80. The molecule has 2 bridgehead atoms. The molecule has 3 heterocycles. The molecule has 6 nitrogen and oxygen atoms in total. The van der Waals surface area contributed by atoms with Gasteiger partial charge in [0.1, 0.15) is 0 Å². The number of carbonyl (C=O) groups is 3. The maximum atomic E-state index is 12.3. The van der Waals surface area contributed by atoms with Crippen LogP contribution in [0.5, 0.6) is 0 Å². The summed E-state index contributed by atoms with van der Waals surface area (Å²) in [4.78, 5) is 38.4. The van der Waals surface area contributed by atoms with Crippen molar-refractivity contribution in [2.24, 2.45) is 0 Å². The third kappa shape index (κ3) is 3.43. The fraction of sp³-hybridized carbons (Fsp3) is 0.800. The van der Waals surface area contributed by atoms with Gasteiger partial charge < -0.3 is 10.2 Å². The van der Waals surface area contributed by atoms with Crippen LogP contribution in [-0.4, -0.2) is 59.2 Å². The smallest absolute Gasteiger partial charge is 0.229 e. The molecule has 0 spiro atoms. The molecule has 0 aliphatic carbocycles. The van der Waals surface area contributed by atoms with Crippen LogP contribution in [-0.2, 0) is 14.4 Å². The number of piperidine rings is 1. The molecule has 2 atom stereocenters. The third-order valence-corrected chi connectivity index (χ3v) is 5.09. The van der Waals surface area contributed by atoms with Gasteiger partial charge in [0.05, 0.1) is 0 Å². The number of imide groups is 1. The van der Waals surface area contributed by atoms with Crippen molar-refractivity contribution in [2.75, 3.05) is 13.6 Å². The monoisotopic (exact) mass is 329 g/mol. The second-order valence-electron chi connectivity index (χ2n) is 6.46. The van der Waals surface area contributed by atoms with Crippen molar-refractivity contribution < 1.29 is 14.4 Å². The molecule has 0 aromatic carbocycles. The van der Waals surface area contributed by atoms with Crippen LogP contribution in [0.2, 0.25) is 0 Å². The van der Waals surface area contributed by atoms with E-state index in [1.54, 1.807) is 0 Å². The van der Waals surface area contributed by atoms with E-state index < -0.39 is 0 Å². The summed E-state index contributed by atoms with van der Waals surface area (Å²) in [7, 11) is 1.85. The molecule has 3 amide bonds. The molecule has 3 aliphatic rings. The summed E-state index contributed by atoms with van der Waals surface area (Å²) >= 11 is 0. The van der Waals surface area contributed by atoms with E-state index in [1.165, 1.54) is 17.7 Å². The first-order chi connectivity index (χ1) is 10.0. The summed E-state index contributed by atoms with van der Waals surface area (Å²) in [6, 6.07) is 1.39. The van der Waals surface area contributed by atoms with Crippen LogP contribution in [0.4, 0.5) is 0 Å².